The molecule has 0 radical (unpaired) electrons. The molecule has 57 heavy (non-hydrogen) atoms. The van der Waals surface area contributed by atoms with Gasteiger partial charge in [-0.25, -0.2) is 0 Å². The summed E-state index contributed by atoms with van der Waals surface area (Å²) in [6.45, 7) is 23.9. The Morgan fingerprint density at radius 3 is 0.912 bits per heavy atom. The summed E-state index contributed by atoms with van der Waals surface area (Å²) in [5, 5.41) is 0.277. The predicted molar refractivity (Wildman–Crippen MR) is 233 cm³/mol. The van der Waals surface area contributed by atoms with Gasteiger partial charge in [0.25, 0.3) is 11.0 Å². The first kappa shape index (κ1) is 44.9. The molecule has 5 rings (SSSR count). The van der Waals surface area contributed by atoms with Crippen LogP contribution in [0.4, 0.5) is 0 Å². The van der Waals surface area contributed by atoms with Crippen LogP contribution in [-0.4, -0.2) is 28.7 Å². The molecule has 5 aromatic carbocycles. The maximum Gasteiger partial charge on any atom is 0.340 e. The molecule has 0 amide bonds. The Kier molecular flexibility index (Phi) is 14.0. The van der Waals surface area contributed by atoms with Crippen LogP contribution in [0, 0.1) is 83.1 Å². The van der Waals surface area contributed by atoms with Crippen LogP contribution in [0.1, 0.15) is 115 Å². The van der Waals surface area contributed by atoms with Gasteiger partial charge < -0.3 is 9.09 Å². The zero-order valence-electron chi connectivity index (χ0n) is 35.5. The molecule has 7 nitrogen and oxygen atoms in total. The first-order valence-corrected chi connectivity index (χ1v) is 22.3. The van der Waals surface area contributed by atoms with Gasteiger partial charge in [0.15, 0.2) is 0 Å². The normalized spacial score (nSPS) is 11.5. The van der Waals surface area contributed by atoms with Crippen molar-refractivity contribution in [2.75, 3.05) is 6.61 Å². The number of carbonyl (C=O) groups excluding carboxylic acids is 4. The summed E-state index contributed by atoms with van der Waals surface area (Å²) in [5.74, 6) is 0. The van der Waals surface area contributed by atoms with E-state index < -0.39 is 36.6 Å². The van der Waals surface area contributed by atoms with Gasteiger partial charge in [0.05, 0.1) is 6.61 Å². The average Bonchev–Trinajstić information content (AvgIpc) is 3.10. The number of hydrogen-bond donors (Lipinski definition) is 0. The topological polar surface area (TPSA) is 112 Å². The lowest BCUT2D eigenvalue weighted by molar-refractivity contribution is 0.0992. The molecule has 0 aliphatic carbocycles. The highest BCUT2D eigenvalue weighted by Crippen LogP contribution is 2.55. The summed E-state index contributed by atoms with van der Waals surface area (Å²) in [7, 11) is -8.37. The summed E-state index contributed by atoms with van der Waals surface area (Å²) in [6.07, 6.45) is 0. The first-order chi connectivity index (χ1) is 26.6. The fraction of sp³-hybridized carbons (Fsp3) is 0.292. The van der Waals surface area contributed by atoms with Crippen molar-refractivity contribution in [2.45, 2.75) is 90.0 Å². The van der Waals surface area contributed by atoms with Crippen molar-refractivity contribution in [2.24, 2.45) is 0 Å². The average molecular weight is 805 g/mol. The number of benzene rings is 5. The van der Waals surface area contributed by atoms with E-state index >= 15 is 0 Å². The van der Waals surface area contributed by atoms with Gasteiger partial charge in [0.1, 0.15) is 0 Å². The summed E-state index contributed by atoms with van der Waals surface area (Å²) in [6, 6.07) is 23.4. The molecule has 9 heteroatoms. The van der Waals surface area contributed by atoms with Crippen LogP contribution in [0.2, 0.25) is 0 Å². The van der Waals surface area contributed by atoms with E-state index in [1.54, 1.807) is 65.0 Å². The van der Waals surface area contributed by atoms with Crippen molar-refractivity contribution in [3.8, 4) is 0 Å². The van der Waals surface area contributed by atoms with Gasteiger partial charge in [-0.3, -0.25) is 23.7 Å². The van der Waals surface area contributed by atoms with Crippen LogP contribution in [0.3, 0.4) is 0 Å². The fourth-order valence-corrected chi connectivity index (χ4v) is 12.7. The van der Waals surface area contributed by atoms with Crippen molar-refractivity contribution in [1.29, 1.82) is 0 Å². The Hall–Kier alpha value is -4.80. The molecule has 0 spiro atoms. The highest BCUT2D eigenvalue weighted by Gasteiger charge is 2.46. The quantitative estimate of drug-likeness (QED) is 0.122. The van der Waals surface area contributed by atoms with Crippen LogP contribution in [0.15, 0.2) is 78.9 Å². The third-order valence-corrected chi connectivity index (χ3v) is 14.9. The third kappa shape index (κ3) is 9.02. The Bertz CT molecular complexity index is 2290. The number of carbonyl (C=O) groups is 4. The molecule has 298 valence electrons. The van der Waals surface area contributed by atoms with Crippen LogP contribution >= 0.6 is 14.5 Å². The van der Waals surface area contributed by atoms with Crippen molar-refractivity contribution >= 4 is 41.9 Å². The molecule has 0 bridgehead atoms. The zero-order valence-corrected chi connectivity index (χ0v) is 37.3. The Morgan fingerprint density at radius 2 is 0.667 bits per heavy atom. The fourth-order valence-electron chi connectivity index (χ4n) is 8.03. The molecule has 0 N–H and O–H groups in total. The van der Waals surface area contributed by atoms with E-state index in [9.17, 15) is 28.3 Å². The maximum atomic E-state index is 14.5. The summed E-state index contributed by atoms with van der Waals surface area (Å²) >= 11 is 0. The van der Waals surface area contributed by atoms with Gasteiger partial charge in [-0.05, 0) is 135 Å². The third-order valence-electron chi connectivity index (χ3n) is 10.1. The second kappa shape index (κ2) is 17.8. The Morgan fingerprint density at radius 1 is 0.421 bits per heavy atom. The van der Waals surface area contributed by atoms with Gasteiger partial charge in [-0.15, -0.1) is 0 Å². The molecule has 0 heterocycles. The molecule has 0 atom stereocenters. The molecule has 0 fully saturated rings. The van der Waals surface area contributed by atoms with E-state index in [0.717, 1.165) is 44.5 Å². The Balaban J connectivity index is 0.000000254. The summed E-state index contributed by atoms with van der Waals surface area (Å²) < 4.78 is 33.6. The lowest BCUT2D eigenvalue weighted by Gasteiger charge is -2.21. The highest BCUT2D eigenvalue weighted by molar-refractivity contribution is 8.01. The number of aryl methyl sites for hydroxylation is 12. The van der Waals surface area contributed by atoms with Gasteiger partial charge >= 0.3 is 7.37 Å². The minimum atomic E-state index is -4.26. The minimum Gasteiger partial charge on any atom is -0.318 e. The van der Waals surface area contributed by atoms with E-state index in [1.165, 1.54) is 0 Å². The Labute approximate surface area is 338 Å². The van der Waals surface area contributed by atoms with Crippen molar-refractivity contribution in [1.82, 2.24) is 0 Å². The summed E-state index contributed by atoms with van der Waals surface area (Å²) in [5.41, 5.74) is 8.54. The van der Waals surface area contributed by atoms with E-state index in [4.69, 9.17) is 4.52 Å². The lowest BCUT2D eigenvalue weighted by Crippen LogP contribution is -2.23. The standard InChI is InChI=1S/C26H27O3P.C22H27O4P/c1-16-12-18(3)23(19(4)13-16)25(27)30(29,22-10-8-7-9-11-22)26(28)24-20(5)14-17(2)15-21(24)6;1-8-26-27(25,21(23)19-15(4)9-13(2)10-16(19)5)22(24)20-17(6)11-14(3)12-18(20)7/h7-15H,1-6H3;9-12H,8H2,1-7H3. The molecule has 0 saturated heterocycles. The second-order valence-electron chi connectivity index (χ2n) is 15.2. The first-order valence-electron chi connectivity index (χ1n) is 19.0. The van der Waals surface area contributed by atoms with Crippen molar-refractivity contribution in [3.63, 3.8) is 0 Å². The van der Waals surface area contributed by atoms with Gasteiger partial charge in [-0.1, -0.05) is 101 Å². The van der Waals surface area contributed by atoms with Gasteiger partial charge in [0, 0.05) is 27.6 Å². The molecule has 0 saturated carbocycles. The molecular weight excluding hydrogens is 750 g/mol. The molecule has 0 unspecified atom stereocenters. The highest BCUT2D eigenvalue weighted by atomic mass is 31.2. The predicted octanol–water partition coefficient (Wildman–Crippen LogP) is 12.0. The van der Waals surface area contributed by atoms with Crippen LogP contribution < -0.4 is 5.30 Å². The molecular formula is C48H54O7P2. The van der Waals surface area contributed by atoms with Crippen LogP contribution in [-0.2, 0) is 13.7 Å². The van der Waals surface area contributed by atoms with E-state index in [0.29, 0.717) is 44.5 Å². The number of rotatable bonds is 11. The van der Waals surface area contributed by atoms with Crippen molar-refractivity contribution in [3.05, 3.63) is 168 Å². The van der Waals surface area contributed by atoms with Gasteiger partial charge in [0.2, 0.25) is 18.2 Å². The number of hydrogen-bond acceptors (Lipinski definition) is 7. The minimum absolute atomic E-state index is 0.0165. The smallest absolute Gasteiger partial charge is 0.318 e. The molecule has 0 aromatic heterocycles. The van der Waals surface area contributed by atoms with Crippen molar-refractivity contribution < 1.29 is 32.8 Å². The van der Waals surface area contributed by atoms with E-state index in [1.807, 2.05) is 104 Å². The SMILES string of the molecule is CCOP(=O)(C(=O)c1c(C)cc(C)cc1C)C(=O)c1c(C)cc(C)cc1C.Cc1cc(C)c(C(=O)P(=O)(C(=O)c2c(C)cc(C)cc2C)c2ccccc2)c(C)c1. The maximum absolute atomic E-state index is 14.5. The summed E-state index contributed by atoms with van der Waals surface area (Å²) in [4.78, 5) is 54.3. The monoisotopic (exact) mass is 804 g/mol. The van der Waals surface area contributed by atoms with Crippen LogP contribution in [0.5, 0.6) is 0 Å². The molecule has 5 aromatic rings. The largest absolute Gasteiger partial charge is 0.340 e. The second-order valence-corrected chi connectivity index (χ2v) is 20.0. The van der Waals surface area contributed by atoms with E-state index in [-0.39, 0.29) is 11.9 Å². The van der Waals surface area contributed by atoms with Gasteiger partial charge in [-0.2, -0.15) is 0 Å². The lowest BCUT2D eigenvalue weighted by atomic mass is 10.0. The molecule has 0 aliphatic heterocycles. The van der Waals surface area contributed by atoms with Crippen LogP contribution in [0.25, 0.3) is 0 Å². The molecule has 0 aliphatic rings. The van der Waals surface area contributed by atoms with E-state index in [2.05, 4.69) is 0 Å². The zero-order chi connectivity index (χ0) is 42.7.